The van der Waals surface area contributed by atoms with Gasteiger partial charge in [0.15, 0.2) is 17.2 Å². The molecule has 13 nitrogen and oxygen atoms in total. The van der Waals surface area contributed by atoms with Gasteiger partial charge in [-0.05, 0) is 92.2 Å². The highest BCUT2D eigenvalue weighted by molar-refractivity contribution is 7.12. The van der Waals surface area contributed by atoms with Crippen LogP contribution in [0.2, 0.25) is 0 Å². The van der Waals surface area contributed by atoms with E-state index in [1.54, 1.807) is 71.8 Å². The first-order valence-electron chi connectivity index (χ1n) is 21.2. The van der Waals surface area contributed by atoms with Crippen molar-refractivity contribution >= 4 is 70.9 Å². The minimum atomic E-state index is -4.13. The number of aromatic nitrogens is 2. The van der Waals surface area contributed by atoms with Crippen LogP contribution in [0.5, 0.6) is 0 Å². The molecular weight excluding hydrogens is 799 g/mol. The average Bonchev–Trinajstić information content (AvgIpc) is 4.03. The van der Waals surface area contributed by atoms with E-state index in [4.69, 9.17) is 0 Å². The summed E-state index contributed by atoms with van der Waals surface area (Å²) in [5, 5.41) is 10.7. The average molecular weight is 850 g/mol. The zero-order chi connectivity index (χ0) is 42.3. The number of pyridine rings is 1. The molecule has 4 aliphatic heterocycles. The summed E-state index contributed by atoms with van der Waals surface area (Å²) in [6, 6.07) is 17.6. The molecule has 0 spiro atoms. The number of rotatable bonds is 17. The first kappa shape index (κ1) is 41.9. The molecule has 1 fully saturated rings. The number of allylic oxidation sites excluding steroid dienone is 2. The molecule has 0 radical (unpaired) electrons. The summed E-state index contributed by atoms with van der Waals surface area (Å²) >= 11 is 1.42. The van der Waals surface area contributed by atoms with E-state index in [0.29, 0.717) is 65.1 Å². The molecule has 4 aromatic rings. The monoisotopic (exact) mass is 849 g/mol. The number of nitrogens with one attached hydrogen (secondary N) is 3. The number of unbranched alkanes of at least 4 members (excludes halogenated alkanes) is 3. The van der Waals surface area contributed by atoms with Gasteiger partial charge in [0.05, 0.1) is 28.4 Å². The predicted molar refractivity (Wildman–Crippen MR) is 234 cm³/mol. The van der Waals surface area contributed by atoms with Crippen LogP contribution in [-0.4, -0.2) is 112 Å². The number of carbonyl (C=O) groups is 4. The van der Waals surface area contributed by atoms with Gasteiger partial charge in [0.1, 0.15) is 0 Å². The Balaban J connectivity index is 0.671. The Morgan fingerprint density at radius 2 is 1.61 bits per heavy atom. The Labute approximate surface area is 357 Å². The second kappa shape index (κ2) is 18.9. The molecule has 318 valence electrons. The second-order valence-electron chi connectivity index (χ2n) is 15.8. The minimum Gasteiger partial charge on any atom is -0.394 e. The fourth-order valence-corrected chi connectivity index (χ4v) is 9.22. The molecule has 0 bridgehead atoms. The molecule has 0 saturated carbocycles. The topological polar surface area (TPSA) is 135 Å². The number of carbonyl (C=O) groups excluding carboxylic acids is 4. The summed E-state index contributed by atoms with van der Waals surface area (Å²) in [6.07, 6.45) is 11.6. The van der Waals surface area contributed by atoms with Crippen molar-refractivity contribution in [2.75, 3.05) is 62.6 Å². The number of halogens is 2. The summed E-state index contributed by atoms with van der Waals surface area (Å²) in [6.45, 7) is 1.26. The zero-order valence-electron chi connectivity index (χ0n) is 34.0. The number of fused-ring (bicyclic) bond motifs is 4. The van der Waals surface area contributed by atoms with Gasteiger partial charge in [0.25, 0.3) is 5.91 Å². The van der Waals surface area contributed by atoms with Gasteiger partial charge in [-0.25, -0.2) is 4.98 Å². The maximum atomic E-state index is 16.0. The van der Waals surface area contributed by atoms with Crippen molar-refractivity contribution in [3.05, 3.63) is 112 Å². The second-order valence-corrected chi connectivity index (χ2v) is 16.7. The lowest BCUT2D eigenvalue weighted by Crippen LogP contribution is -2.50. The quantitative estimate of drug-likeness (QED) is 0.0925. The summed E-state index contributed by atoms with van der Waals surface area (Å²) in [7, 11) is 0. The van der Waals surface area contributed by atoms with Crippen LogP contribution in [0.4, 0.5) is 25.8 Å². The molecule has 0 atom stereocenters. The van der Waals surface area contributed by atoms with E-state index in [-0.39, 0.29) is 43.0 Å². The molecular formula is C44H50BF2N9O4S. The van der Waals surface area contributed by atoms with Crippen molar-refractivity contribution < 1.29 is 32.3 Å². The smallest absolute Gasteiger partial charge is 0.394 e. The molecule has 4 amide bonds. The highest BCUT2D eigenvalue weighted by Gasteiger charge is 2.52. The van der Waals surface area contributed by atoms with E-state index < -0.39 is 6.97 Å². The van der Waals surface area contributed by atoms with E-state index in [2.05, 4.69) is 30.7 Å². The number of hydrogen-bond acceptors (Lipinski definition) is 8. The zero-order valence-corrected chi connectivity index (χ0v) is 34.8. The lowest BCUT2D eigenvalue weighted by molar-refractivity contribution is -0.360. The van der Waals surface area contributed by atoms with Crippen LogP contribution in [0.25, 0.3) is 6.08 Å². The van der Waals surface area contributed by atoms with Crippen molar-refractivity contribution in [2.45, 2.75) is 51.4 Å². The number of hydrogen-bond donors (Lipinski definition) is 3. The first-order valence-corrected chi connectivity index (χ1v) is 22.0. The highest BCUT2D eigenvalue weighted by Crippen LogP contribution is 2.37. The van der Waals surface area contributed by atoms with Gasteiger partial charge in [-0.2, -0.15) is 0 Å². The molecule has 3 aromatic heterocycles. The largest absolute Gasteiger partial charge is 0.737 e. The van der Waals surface area contributed by atoms with E-state index >= 15 is 8.63 Å². The Morgan fingerprint density at radius 1 is 0.836 bits per heavy atom. The number of anilines is 3. The summed E-state index contributed by atoms with van der Waals surface area (Å²) in [5.41, 5.74) is 3.26. The van der Waals surface area contributed by atoms with Gasteiger partial charge >= 0.3 is 6.97 Å². The van der Waals surface area contributed by atoms with Crippen molar-refractivity contribution in [3.63, 3.8) is 0 Å². The summed E-state index contributed by atoms with van der Waals surface area (Å²) in [4.78, 5) is 63.0. The van der Waals surface area contributed by atoms with Crippen LogP contribution in [0, 0.1) is 0 Å². The molecule has 0 aliphatic carbocycles. The van der Waals surface area contributed by atoms with Crippen LogP contribution in [0.3, 0.4) is 0 Å². The Morgan fingerprint density at radius 3 is 2.41 bits per heavy atom. The lowest BCUT2D eigenvalue weighted by Gasteiger charge is -2.35. The molecule has 1 saturated heterocycles. The molecule has 61 heavy (non-hydrogen) atoms. The Bertz CT molecular complexity index is 2370. The molecule has 17 heteroatoms. The number of amides is 4. The fraction of sp³-hybridized carbons (Fsp3) is 0.364. The fourth-order valence-electron chi connectivity index (χ4n) is 8.47. The van der Waals surface area contributed by atoms with Gasteiger partial charge in [0, 0.05) is 82.2 Å². The number of nitrogens with zero attached hydrogens (tertiary/aromatic N) is 6. The molecule has 3 N–H and O–H groups in total. The standard InChI is InChI=1S/C44H50BF2N9O4S/c46-45(47)55-32(15-16-33(55)30-34-17-19-38(56(34)45)39-13-9-29-61-39)18-20-41(58)49-21-5-1-2-14-40(57)48-22-6-7-24-52-25-27-53(28-26-52)31-42(59)54-37-12-4-3-10-35(37)44(60)51-36-11-8-23-50-43(36)54/h3-4,8-13,15-17,19,23,29-30H,1-2,5-7,14,18,20-22,24-28,31H2,(H,48,57)(H,49,58)(H,51,60). The van der Waals surface area contributed by atoms with Crippen LogP contribution in [0.1, 0.15) is 71.6 Å². The van der Waals surface area contributed by atoms with Gasteiger partial charge < -0.3 is 38.4 Å². The van der Waals surface area contributed by atoms with Crippen molar-refractivity contribution in [1.82, 2.24) is 29.9 Å². The number of piperazine rings is 1. The Hall–Kier alpha value is -5.78. The summed E-state index contributed by atoms with van der Waals surface area (Å²) < 4.78 is 34.3. The molecule has 7 heterocycles. The van der Waals surface area contributed by atoms with Crippen LogP contribution >= 0.6 is 11.3 Å². The van der Waals surface area contributed by atoms with Crippen LogP contribution < -0.4 is 20.9 Å². The normalized spacial score (nSPS) is 16.9. The maximum absolute atomic E-state index is 16.0. The van der Waals surface area contributed by atoms with Crippen molar-refractivity contribution in [3.8, 4) is 0 Å². The van der Waals surface area contributed by atoms with E-state index in [9.17, 15) is 19.2 Å². The molecule has 0 unspecified atom stereocenters. The van der Waals surface area contributed by atoms with Gasteiger partial charge in [-0.15, -0.1) is 11.3 Å². The van der Waals surface area contributed by atoms with E-state index in [1.165, 1.54) is 11.3 Å². The molecule has 1 aromatic carbocycles. The van der Waals surface area contributed by atoms with Crippen molar-refractivity contribution in [1.29, 1.82) is 0 Å². The third-order valence-electron chi connectivity index (χ3n) is 11.6. The summed E-state index contributed by atoms with van der Waals surface area (Å²) in [5.74, 6) is -0.162. The molecule has 8 rings (SSSR count). The van der Waals surface area contributed by atoms with Gasteiger partial charge in [-0.1, -0.05) is 24.6 Å². The highest BCUT2D eigenvalue weighted by atomic mass is 32.1. The van der Waals surface area contributed by atoms with Crippen LogP contribution in [0.15, 0.2) is 90.1 Å². The van der Waals surface area contributed by atoms with Gasteiger partial charge in [0.2, 0.25) is 17.7 Å². The number of aryl methyl sites for hydroxylation is 1. The Kier molecular flexibility index (Phi) is 13.0. The third-order valence-corrected chi connectivity index (χ3v) is 12.5. The first-order chi connectivity index (χ1) is 29.7. The number of para-hydroxylation sites is 1. The molecule has 4 aliphatic rings. The number of thiophene rings is 1. The van der Waals surface area contributed by atoms with Crippen LogP contribution in [-0.2, 0) is 20.8 Å². The minimum absolute atomic E-state index is 0.0213. The van der Waals surface area contributed by atoms with E-state index in [0.717, 1.165) is 78.7 Å². The third kappa shape index (κ3) is 9.43. The van der Waals surface area contributed by atoms with Crippen molar-refractivity contribution in [2.24, 2.45) is 0 Å². The van der Waals surface area contributed by atoms with Gasteiger partial charge in [-0.3, -0.25) is 29.0 Å². The SMILES string of the molecule is O=C(CCCCCNC(=O)CCc1ccc2n1[B-](F)(F)[N+]1=C(c3cccs3)C=CC1=C2)NCCCCN1CCN(CC(=O)N2c3ccccc3C(=O)Nc3cccnc32)CC1. The lowest BCUT2D eigenvalue weighted by atomic mass is 9.90. The number of benzene rings is 1. The van der Waals surface area contributed by atoms with E-state index in [1.807, 2.05) is 23.6 Å². The maximum Gasteiger partial charge on any atom is 0.737 e. The predicted octanol–water partition coefficient (Wildman–Crippen LogP) is 5.65.